The van der Waals surface area contributed by atoms with E-state index in [1.807, 2.05) is 24.5 Å². The zero-order valence-electron chi connectivity index (χ0n) is 17.8. The molecule has 0 aliphatic carbocycles. The van der Waals surface area contributed by atoms with Crippen LogP contribution in [-0.2, 0) is 13.1 Å². The van der Waals surface area contributed by atoms with Crippen molar-refractivity contribution in [3.63, 3.8) is 0 Å². The molecule has 0 bridgehead atoms. The second-order valence-corrected chi connectivity index (χ2v) is 8.03. The molecule has 0 amide bonds. The van der Waals surface area contributed by atoms with Gasteiger partial charge in [0.1, 0.15) is 11.3 Å². The summed E-state index contributed by atoms with van der Waals surface area (Å²) in [7, 11) is 2.18. The normalized spacial score (nSPS) is 15.4. The molecule has 0 spiro atoms. The molecule has 8 nitrogen and oxygen atoms in total. The van der Waals surface area contributed by atoms with Crippen LogP contribution < -0.4 is 10.6 Å². The number of unbranched alkanes of at least 4 members (excludes halogenated alkanes) is 1. The van der Waals surface area contributed by atoms with Crippen molar-refractivity contribution in [3.8, 4) is 0 Å². The number of aromatic nitrogens is 4. The molecular formula is C22H32N8. The molecule has 4 rings (SSSR count). The maximum Gasteiger partial charge on any atom is 0.179 e. The Labute approximate surface area is 178 Å². The van der Waals surface area contributed by atoms with Crippen LogP contribution in [0.5, 0.6) is 0 Å². The van der Waals surface area contributed by atoms with Crippen molar-refractivity contribution in [1.29, 1.82) is 0 Å². The SMILES string of the molecule is CN1CCN(c2ccnc3nc(CN(CCCCN)Cc4ccccn4)[nH]c23)CC1. The predicted octanol–water partition coefficient (Wildman–Crippen LogP) is 1.85. The minimum atomic E-state index is 0.723. The van der Waals surface area contributed by atoms with Crippen molar-refractivity contribution >= 4 is 16.9 Å². The Morgan fingerprint density at radius 2 is 1.90 bits per heavy atom. The van der Waals surface area contributed by atoms with Crippen LogP contribution >= 0.6 is 0 Å². The Hall–Kier alpha value is -2.55. The van der Waals surface area contributed by atoms with Crippen LogP contribution in [-0.4, -0.2) is 76.1 Å². The summed E-state index contributed by atoms with van der Waals surface area (Å²) < 4.78 is 0. The second kappa shape index (κ2) is 9.97. The van der Waals surface area contributed by atoms with Gasteiger partial charge in [0.2, 0.25) is 0 Å². The van der Waals surface area contributed by atoms with Gasteiger partial charge in [0.25, 0.3) is 0 Å². The molecule has 3 aromatic rings. The first-order valence-electron chi connectivity index (χ1n) is 10.8. The minimum Gasteiger partial charge on any atom is -0.367 e. The number of pyridine rings is 2. The number of H-pyrrole nitrogens is 1. The second-order valence-electron chi connectivity index (χ2n) is 8.03. The van der Waals surface area contributed by atoms with Crippen LogP contribution in [0.3, 0.4) is 0 Å². The molecule has 0 radical (unpaired) electrons. The fourth-order valence-electron chi connectivity index (χ4n) is 3.96. The topological polar surface area (TPSA) is 90.2 Å². The summed E-state index contributed by atoms with van der Waals surface area (Å²) in [5.74, 6) is 0.947. The van der Waals surface area contributed by atoms with Crippen molar-refractivity contribution in [2.24, 2.45) is 5.73 Å². The van der Waals surface area contributed by atoms with Crippen molar-refractivity contribution in [1.82, 2.24) is 29.7 Å². The number of nitrogens with one attached hydrogen (secondary N) is 1. The first-order chi connectivity index (χ1) is 14.7. The highest BCUT2D eigenvalue weighted by Gasteiger charge is 2.19. The molecule has 0 atom stereocenters. The summed E-state index contributed by atoms with van der Waals surface area (Å²) in [6, 6.07) is 8.16. The summed E-state index contributed by atoms with van der Waals surface area (Å²) >= 11 is 0. The maximum absolute atomic E-state index is 5.70. The average Bonchev–Trinajstić information content (AvgIpc) is 3.18. The highest BCUT2D eigenvalue weighted by Crippen LogP contribution is 2.25. The smallest absolute Gasteiger partial charge is 0.179 e. The molecule has 30 heavy (non-hydrogen) atoms. The number of piperazine rings is 1. The van der Waals surface area contributed by atoms with Gasteiger partial charge in [-0.05, 0) is 51.2 Å². The van der Waals surface area contributed by atoms with Crippen molar-refractivity contribution in [3.05, 3.63) is 48.2 Å². The molecule has 3 N–H and O–H groups in total. The monoisotopic (exact) mass is 408 g/mol. The van der Waals surface area contributed by atoms with E-state index in [1.54, 1.807) is 0 Å². The third-order valence-corrected chi connectivity index (χ3v) is 5.68. The van der Waals surface area contributed by atoms with E-state index in [1.165, 1.54) is 5.69 Å². The lowest BCUT2D eigenvalue weighted by atomic mass is 10.2. The molecule has 3 aromatic heterocycles. The van der Waals surface area contributed by atoms with Crippen LogP contribution in [0.1, 0.15) is 24.4 Å². The van der Waals surface area contributed by atoms with Crippen LogP contribution in [0.15, 0.2) is 36.7 Å². The highest BCUT2D eigenvalue weighted by atomic mass is 15.3. The van der Waals surface area contributed by atoms with Crippen LogP contribution in [0.2, 0.25) is 0 Å². The van der Waals surface area contributed by atoms with Crippen molar-refractivity contribution in [2.75, 3.05) is 51.2 Å². The first-order valence-corrected chi connectivity index (χ1v) is 10.8. The maximum atomic E-state index is 5.70. The molecule has 1 aliphatic rings. The lowest BCUT2D eigenvalue weighted by Crippen LogP contribution is -2.44. The number of fused-ring (bicyclic) bond motifs is 1. The molecule has 1 aliphatic heterocycles. The Morgan fingerprint density at radius 1 is 1.03 bits per heavy atom. The minimum absolute atomic E-state index is 0.723. The van der Waals surface area contributed by atoms with Crippen molar-refractivity contribution < 1.29 is 0 Å². The van der Waals surface area contributed by atoms with Gasteiger partial charge in [-0.2, -0.15) is 0 Å². The number of imidazole rings is 1. The van der Waals surface area contributed by atoms with Gasteiger partial charge in [0.05, 0.1) is 17.9 Å². The van der Waals surface area contributed by atoms with Crippen LogP contribution in [0.25, 0.3) is 11.2 Å². The van der Waals surface area contributed by atoms with Crippen LogP contribution in [0, 0.1) is 0 Å². The Balaban J connectivity index is 1.52. The summed E-state index contributed by atoms with van der Waals surface area (Å²) in [5, 5.41) is 0. The third kappa shape index (κ3) is 5.13. The number of nitrogens with two attached hydrogens (primary N) is 1. The van der Waals surface area contributed by atoms with Crippen molar-refractivity contribution in [2.45, 2.75) is 25.9 Å². The first kappa shape index (κ1) is 20.7. The van der Waals surface area contributed by atoms with Gasteiger partial charge in [0, 0.05) is 45.1 Å². The number of aromatic amines is 1. The van der Waals surface area contributed by atoms with E-state index in [-0.39, 0.29) is 0 Å². The van der Waals surface area contributed by atoms with Gasteiger partial charge < -0.3 is 20.5 Å². The van der Waals surface area contributed by atoms with E-state index in [2.05, 4.69) is 48.8 Å². The molecular weight excluding hydrogens is 376 g/mol. The lowest BCUT2D eigenvalue weighted by Gasteiger charge is -2.34. The predicted molar refractivity (Wildman–Crippen MR) is 120 cm³/mol. The number of hydrogen-bond donors (Lipinski definition) is 2. The number of nitrogens with zero attached hydrogens (tertiary/aromatic N) is 6. The summed E-state index contributed by atoms with van der Waals surface area (Å²) in [6.45, 7) is 7.40. The molecule has 0 unspecified atom stereocenters. The fourth-order valence-corrected chi connectivity index (χ4v) is 3.96. The summed E-state index contributed by atoms with van der Waals surface area (Å²) in [5.41, 5.74) is 9.80. The zero-order chi connectivity index (χ0) is 20.8. The van der Waals surface area contributed by atoms with E-state index >= 15 is 0 Å². The largest absolute Gasteiger partial charge is 0.367 e. The van der Waals surface area contributed by atoms with E-state index < -0.39 is 0 Å². The van der Waals surface area contributed by atoms with Gasteiger partial charge in [-0.25, -0.2) is 9.97 Å². The van der Waals surface area contributed by atoms with E-state index in [0.717, 1.165) is 87.9 Å². The number of rotatable bonds is 9. The standard InChI is InChI=1S/C22H32N8/c1-28-12-14-30(15-13-28)19-7-10-25-22-21(19)26-20(27-22)17-29(11-5-3-8-23)16-18-6-2-4-9-24-18/h2,4,6-7,9-10H,3,5,8,11-17,23H2,1H3,(H,25,26,27). The highest BCUT2D eigenvalue weighted by molar-refractivity contribution is 5.86. The van der Waals surface area contributed by atoms with Crippen LogP contribution in [0.4, 0.5) is 5.69 Å². The summed E-state index contributed by atoms with van der Waals surface area (Å²) in [6.07, 6.45) is 5.80. The molecule has 1 saturated heterocycles. The number of hydrogen-bond acceptors (Lipinski definition) is 7. The number of anilines is 1. The molecule has 1 fully saturated rings. The van der Waals surface area contributed by atoms with Gasteiger partial charge >= 0.3 is 0 Å². The Bertz CT molecular complexity index is 917. The zero-order valence-corrected chi connectivity index (χ0v) is 17.8. The molecule has 160 valence electrons. The average molecular weight is 409 g/mol. The van der Waals surface area contributed by atoms with Gasteiger partial charge in [-0.3, -0.25) is 9.88 Å². The fraction of sp³-hybridized carbons (Fsp3) is 0.500. The third-order valence-electron chi connectivity index (χ3n) is 5.68. The van der Waals surface area contributed by atoms with E-state index in [4.69, 9.17) is 10.7 Å². The van der Waals surface area contributed by atoms with Gasteiger partial charge in [0.15, 0.2) is 5.65 Å². The van der Waals surface area contributed by atoms with Gasteiger partial charge in [-0.15, -0.1) is 0 Å². The van der Waals surface area contributed by atoms with Gasteiger partial charge in [-0.1, -0.05) is 6.07 Å². The Kier molecular flexibility index (Phi) is 6.88. The van der Waals surface area contributed by atoms with E-state index in [9.17, 15) is 0 Å². The number of likely N-dealkylation sites (N-methyl/N-ethyl adjacent to an activating group) is 1. The molecule has 0 saturated carbocycles. The Morgan fingerprint density at radius 3 is 2.67 bits per heavy atom. The molecule has 8 heteroatoms. The molecule has 0 aromatic carbocycles. The quantitative estimate of drug-likeness (QED) is 0.522. The summed E-state index contributed by atoms with van der Waals surface area (Å²) in [4.78, 5) is 24.5. The molecule has 4 heterocycles. The van der Waals surface area contributed by atoms with E-state index in [0.29, 0.717) is 0 Å². The lowest BCUT2D eigenvalue weighted by molar-refractivity contribution is 0.243.